The molecule has 0 bridgehead atoms. The molecule has 1 aromatic carbocycles. The normalized spacial score (nSPS) is 15.5. The minimum atomic E-state index is -0.130. The summed E-state index contributed by atoms with van der Waals surface area (Å²) in [5.74, 6) is 0.506. The predicted octanol–water partition coefficient (Wildman–Crippen LogP) is 0.000300. The quantitative estimate of drug-likeness (QED) is 0.855. The largest absolute Gasteiger partial charge is 0.338 e. The third-order valence-corrected chi connectivity index (χ3v) is 3.45. The van der Waals surface area contributed by atoms with Crippen molar-refractivity contribution in [2.45, 2.75) is 6.54 Å². The van der Waals surface area contributed by atoms with Gasteiger partial charge in [-0.1, -0.05) is 17.3 Å². The van der Waals surface area contributed by atoms with Gasteiger partial charge in [-0.15, -0.1) is 0 Å². The van der Waals surface area contributed by atoms with E-state index in [-0.39, 0.29) is 31.4 Å². The Morgan fingerprint density at radius 2 is 2.09 bits per heavy atom. The van der Waals surface area contributed by atoms with Crippen molar-refractivity contribution in [3.05, 3.63) is 30.2 Å². The van der Waals surface area contributed by atoms with Crippen LogP contribution >= 0.6 is 0 Å². The molecule has 114 valence electrons. The lowest BCUT2D eigenvalue weighted by Crippen LogP contribution is -2.52. The van der Waals surface area contributed by atoms with Crippen LogP contribution in [0, 0.1) is 0 Å². The molecule has 0 unspecified atom stereocenters. The van der Waals surface area contributed by atoms with Gasteiger partial charge in [-0.25, -0.2) is 0 Å². The van der Waals surface area contributed by atoms with Gasteiger partial charge < -0.3 is 20.1 Å². The molecule has 2 aromatic rings. The molecule has 0 spiro atoms. The summed E-state index contributed by atoms with van der Waals surface area (Å²) < 4.78 is 4.98. The van der Waals surface area contributed by atoms with Gasteiger partial charge in [-0.2, -0.15) is 4.98 Å². The Hall–Kier alpha value is -2.74. The smallest absolute Gasteiger partial charge is 0.247 e. The second-order valence-corrected chi connectivity index (χ2v) is 5.00. The van der Waals surface area contributed by atoms with E-state index in [1.165, 1.54) is 9.80 Å². The summed E-state index contributed by atoms with van der Waals surface area (Å²) in [5, 5.41) is 3.84. The van der Waals surface area contributed by atoms with E-state index in [0.29, 0.717) is 23.0 Å². The molecule has 22 heavy (non-hydrogen) atoms. The number of nitrogens with two attached hydrogens (primary N) is 1. The standard InChI is InChI=1S/C14H15N5O3/c1-18-7-13(21)19(8-12(18)20)10-4-2-3-9(5-10)14-16-11(6-15)22-17-14/h2-5H,6-8,15H2,1H3. The van der Waals surface area contributed by atoms with E-state index < -0.39 is 0 Å². The summed E-state index contributed by atoms with van der Waals surface area (Å²) in [4.78, 5) is 30.9. The van der Waals surface area contributed by atoms with Gasteiger partial charge in [0.05, 0.1) is 13.1 Å². The van der Waals surface area contributed by atoms with Crippen LogP contribution in [-0.2, 0) is 16.1 Å². The predicted molar refractivity (Wildman–Crippen MR) is 77.6 cm³/mol. The highest BCUT2D eigenvalue weighted by molar-refractivity contribution is 6.04. The fourth-order valence-electron chi connectivity index (χ4n) is 2.22. The number of aromatic nitrogens is 2. The van der Waals surface area contributed by atoms with E-state index in [1.54, 1.807) is 31.3 Å². The fraction of sp³-hybridized carbons (Fsp3) is 0.286. The highest BCUT2D eigenvalue weighted by Gasteiger charge is 2.28. The summed E-state index contributed by atoms with van der Waals surface area (Å²) in [5.41, 5.74) is 6.77. The minimum absolute atomic E-state index is 0.0269. The van der Waals surface area contributed by atoms with Crippen LogP contribution in [0.2, 0.25) is 0 Å². The first-order chi connectivity index (χ1) is 10.6. The number of amides is 2. The zero-order chi connectivity index (χ0) is 15.7. The van der Waals surface area contributed by atoms with Crippen LogP contribution in [0.1, 0.15) is 5.89 Å². The van der Waals surface area contributed by atoms with Gasteiger partial charge in [0, 0.05) is 18.3 Å². The van der Waals surface area contributed by atoms with E-state index in [1.807, 2.05) is 0 Å². The zero-order valence-electron chi connectivity index (χ0n) is 12.0. The lowest BCUT2D eigenvalue weighted by atomic mass is 10.1. The Bertz CT molecular complexity index is 727. The number of benzene rings is 1. The van der Waals surface area contributed by atoms with Gasteiger partial charge in [0.15, 0.2) is 0 Å². The molecule has 1 aliphatic heterocycles. The highest BCUT2D eigenvalue weighted by atomic mass is 16.5. The fourth-order valence-corrected chi connectivity index (χ4v) is 2.22. The first-order valence-corrected chi connectivity index (χ1v) is 6.76. The topological polar surface area (TPSA) is 106 Å². The van der Waals surface area contributed by atoms with Crippen molar-refractivity contribution in [1.82, 2.24) is 15.0 Å². The molecule has 1 fully saturated rings. The number of hydrogen-bond donors (Lipinski definition) is 1. The van der Waals surface area contributed by atoms with Crippen molar-refractivity contribution in [2.75, 3.05) is 25.0 Å². The lowest BCUT2D eigenvalue weighted by molar-refractivity contribution is -0.136. The molecule has 8 heteroatoms. The first kappa shape index (κ1) is 14.2. The molecule has 0 radical (unpaired) electrons. The van der Waals surface area contributed by atoms with Crippen LogP contribution in [0.4, 0.5) is 5.69 Å². The van der Waals surface area contributed by atoms with Gasteiger partial charge in [0.1, 0.15) is 6.54 Å². The summed E-state index contributed by atoms with van der Waals surface area (Å²) >= 11 is 0. The lowest BCUT2D eigenvalue weighted by Gasteiger charge is -2.31. The Morgan fingerprint density at radius 1 is 1.27 bits per heavy atom. The summed E-state index contributed by atoms with van der Waals surface area (Å²) in [6.07, 6.45) is 0. The highest BCUT2D eigenvalue weighted by Crippen LogP contribution is 2.24. The molecular formula is C14H15N5O3. The van der Waals surface area contributed by atoms with E-state index in [2.05, 4.69) is 10.1 Å². The average molecular weight is 301 g/mol. The maximum Gasteiger partial charge on any atom is 0.247 e. The molecule has 2 N–H and O–H groups in total. The minimum Gasteiger partial charge on any atom is -0.338 e. The molecule has 8 nitrogen and oxygen atoms in total. The van der Waals surface area contributed by atoms with Gasteiger partial charge in [0.2, 0.25) is 23.5 Å². The monoisotopic (exact) mass is 301 g/mol. The number of nitrogens with zero attached hydrogens (tertiary/aromatic N) is 4. The zero-order valence-corrected chi connectivity index (χ0v) is 12.0. The van der Waals surface area contributed by atoms with Crippen LogP contribution in [-0.4, -0.2) is 47.0 Å². The molecule has 1 aromatic heterocycles. The van der Waals surface area contributed by atoms with E-state index in [0.717, 1.165) is 0 Å². The number of anilines is 1. The molecule has 2 amide bonds. The van der Waals surface area contributed by atoms with Crippen molar-refractivity contribution in [3.63, 3.8) is 0 Å². The van der Waals surface area contributed by atoms with Gasteiger partial charge in [-0.05, 0) is 12.1 Å². The second-order valence-electron chi connectivity index (χ2n) is 5.00. The van der Waals surface area contributed by atoms with Crippen LogP contribution in [0.25, 0.3) is 11.4 Å². The van der Waals surface area contributed by atoms with Crippen LogP contribution < -0.4 is 10.6 Å². The van der Waals surface area contributed by atoms with E-state index >= 15 is 0 Å². The summed E-state index contributed by atoms with van der Waals surface area (Å²) in [6, 6.07) is 7.10. The van der Waals surface area contributed by atoms with Gasteiger partial charge in [0.25, 0.3) is 0 Å². The molecular weight excluding hydrogens is 286 g/mol. The number of rotatable bonds is 3. The van der Waals surface area contributed by atoms with Gasteiger partial charge in [-0.3, -0.25) is 9.59 Å². The molecule has 1 aliphatic rings. The molecule has 2 heterocycles. The molecule has 3 rings (SSSR count). The number of piperazine rings is 1. The number of hydrogen-bond acceptors (Lipinski definition) is 6. The Morgan fingerprint density at radius 3 is 2.82 bits per heavy atom. The summed E-state index contributed by atoms with van der Waals surface area (Å²) in [6.45, 7) is 0.264. The maximum absolute atomic E-state index is 12.1. The maximum atomic E-state index is 12.1. The van der Waals surface area contributed by atoms with Gasteiger partial charge >= 0.3 is 0 Å². The van der Waals surface area contributed by atoms with E-state index in [4.69, 9.17) is 10.3 Å². The van der Waals surface area contributed by atoms with Crippen molar-refractivity contribution in [3.8, 4) is 11.4 Å². The average Bonchev–Trinajstić information content (AvgIpc) is 3.00. The number of carbonyl (C=O) groups is 2. The third kappa shape index (κ3) is 2.56. The van der Waals surface area contributed by atoms with Crippen LogP contribution in [0.15, 0.2) is 28.8 Å². The van der Waals surface area contributed by atoms with Crippen molar-refractivity contribution < 1.29 is 14.1 Å². The van der Waals surface area contributed by atoms with Crippen molar-refractivity contribution in [2.24, 2.45) is 5.73 Å². The molecule has 1 saturated heterocycles. The Kier molecular flexibility index (Phi) is 3.60. The number of likely N-dealkylation sites (N-methyl/N-ethyl adjacent to an activating group) is 1. The molecule has 0 aliphatic carbocycles. The Labute approximate surface area is 126 Å². The second kappa shape index (κ2) is 5.57. The number of carbonyl (C=O) groups excluding carboxylic acids is 2. The third-order valence-electron chi connectivity index (χ3n) is 3.45. The first-order valence-electron chi connectivity index (χ1n) is 6.76. The van der Waals surface area contributed by atoms with Crippen molar-refractivity contribution >= 4 is 17.5 Å². The van der Waals surface area contributed by atoms with Crippen LogP contribution in [0.5, 0.6) is 0 Å². The Balaban J connectivity index is 1.90. The molecule has 0 saturated carbocycles. The summed E-state index contributed by atoms with van der Waals surface area (Å²) in [7, 11) is 1.61. The molecule has 0 atom stereocenters. The van der Waals surface area contributed by atoms with Crippen molar-refractivity contribution in [1.29, 1.82) is 0 Å². The SMILES string of the molecule is CN1CC(=O)N(c2cccc(-c3noc(CN)n3)c2)CC1=O. The van der Waals surface area contributed by atoms with E-state index in [9.17, 15) is 9.59 Å². The van der Waals surface area contributed by atoms with Crippen LogP contribution in [0.3, 0.4) is 0 Å².